The minimum atomic E-state index is -0.886. The summed E-state index contributed by atoms with van der Waals surface area (Å²) in [6, 6.07) is -0.316. The van der Waals surface area contributed by atoms with Crippen molar-refractivity contribution < 1.29 is 24.2 Å². The molecular weight excluding hydrogens is 262 g/mol. The zero-order chi connectivity index (χ0) is 15.3. The molecule has 1 heterocycles. The summed E-state index contributed by atoms with van der Waals surface area (Å²) in [6.07, 6.45) is 1.09. The van der Waals surface area contributed by atoms with Gasteiger partial charge < -0.3 is 19.9 Å². The molecule has 6 heteroatoms. The molecule has 3 atom stereocenters. The maximum absolute atomic E-state index is 11.8. The predicted molar refractivity (Wildman–Crippen MR) is 73.5 cm³/mol. The number of aliphatic carboxylic acids is 1. The third kappa shape index (κ3) is 5.77. The van der Waals surface area contributed by atoms with Gasteiger partial charge in [0.05, 0.1) is 12.5 Å². The Morgan fingerprint density at radius 1 is 1.45 bits per heavy atom. The average molecular weight is 287 g/mol. The Hall–Kier alpha value is -1.30. The average Bonchev–Trinajstić information content (AvgIpc) is 2.75. The number of rotatable bonds is 5. The summed E-state index contributed by atoms with van der Waals surface area (Å²) in [4.78, 5) is 22.7. The molecule has 0 aliphatic carbocycles. The van der Waals surface area contributed by atoms with Crippen LogP contribution >= 0.6 is 0 Å². The van der Waals surface area contributed by atoms with E-state index in [0.717, 1.165) is 12.8 Å². The molecule has 1 fully saturated rings. The summed E-state index contributed by atoms with van der Waals surface area (Å²) in [6.45, 7) is 7.79. The van der Waals surface area contributed by atoms with Crippen LogP contribution in [0.3, 0.4) is 0 Å². The summed E-state index contributed by atoms with van der Waals surface area (Å²) >= 11 is 0. The first-order chi connectivity index (χ1) is 9.19. The summed E-state index contributed by atoms with van der Waals surface area (Å²) in [5.74, 6) is -1.13. The van der Waals surface area contributed by atoms with Crippen molar-refractivity contribution in [3.63, 3.8) is 0 Å². The van der Waals surface area contributed by atoms with E-state index >= 15 is 0 Å². The fourth-order valence-corrected chi connectivity index (χ4v) is 2.37. The molecule has 0 bridgehead atoms. The lowest BCUT2D eigenvalue weighted by Gasteiger charge is -2.29. The van der Waals surface area contributed by atoms with Gasteiger partial charge in [-0.1, -0.05) is 0 Å². The van der Waals surface area contributed by atoms with E-state index in [9.17, 15) is 9.59 Å². The van der Waals surface area contributed by atoms with Crippen LogP contribution < -0.4 is 5.32 Å². The van der Waals surface area contributed by atoms with E-state index < -0.39 is 17.7 Å². The maximum atomic E-state index is 11.8. The topological polar surface area (TPSA) is 84.9 Å². The number of hydrogen-bond donors (Lipinski definition) is 2. The lowest BCUT2D eigenvalue weighted by Crippen LogP contribution is -2.45. The van der Waals surface area contributed by atoms with E-state index in [2.05, 4.69) is 5.32 Å². The molecule has 0 spiro atoms. The monoisotopic (exact) mass is 287 g/mol. The largest absolute Gasteiger partial charge is 0.481 e. The van der Waals surface area contributed by atoms with Crippen molar-refractivity contribution in [2.45, 2.75) is 64.7 Å². The van der Waals surface area contributed by atoms with Gasteiger partial charge in [-0.15, -0.1) is 0 Å². The molecule has 1 saturated heterocycles. The standard InChI is InChI=1S/C14H25NO5/c1-9(15-13(18)20-14(2,3)4)10(8-12(16)17)11-6-5-7-19-11/h9-11H,5-8H2,1-4H3,(H,15,18)(H,16,17)/t9-,10-,11-/m0/s1. The van der Waals surface area contributed by atoms with Crippen LogP contribution in [0.25, 0.3) is 0 Å². The molecule has 6 nitrogen and oxygen atoms in total. The van der Waals surface area contributed by atoms with E-state index in [-0.39, 0.29) is 24.5 Å². The van der Waals surface area contributed by atoms with Crippen LogP contribution in [0, 0.1) is 5.92 Å². The summed E-state index contributed by atoms with van der Waals surface area (Å²) < 4.78 is 10.8. The highest BCUT2D eigenvalue weighted by Crippen LogP contribution is 2.26. The van der Waals surface area contributed by atoms with Crippen molar-refractivity contribution in [2.75, 3.05) is 6.61 Å². The van der Waals surface area contributed by atoms with E-state index in [1.807, 2.05) is 0 Å². The molecule has 0 aromatic carbocycles. The lowest BCUT2D eigenvalue weighted by molar-refractivity contribution is -0.139. The van der Waals surface area contributed by atoms with Gasteiger partial charge >= 0.3 is 12.1 Å². The number of carboxylic acid groups (broad SMARTS) is 1. The number of hydrogen-bond acceptors (Lipinski definition) is 4. The van der Waals surface area contributed by atoms with Crippen LogP contribution in [-0.2, 0) is 14.3 Å². The number of ether oxygens (including phenoxy) is 2. The van der Waals surface area contributed by atoms with Gasteiger partial charge in [-0.05, 0) is 40.5 Å². The molecule has 0 unspecified atom stereocenters. The molecule has 116 valence electrons. The molecule has 0 aromatic heterocycles. The fourth-order valence-electron chi connectivity index (χ4n) is 2.37. The predicted octanol–water partition coefficient (Wildman–Crippen LogP) is 2.17. The van der Waals surface area contributed by atoms with E-state index in [1.165, 1.54) is 0 Å². The van der Waals surface area contributed by atoms with Crippen LogP contribution in [0.5, 0.6) is 0 Å². The SMILES string of the molecule is C[C@H](NC(=O)OC(C)(C)C)[C@H](CC(=O)O)[C@@H]1CCCO1. The van der Waals surface area contributed by atoms with Crippen LogP contribution in [0.2, 0.25) is 0 Å². The Morgan fingerprint density at radius 2 is 2.10 bits per heavy atom. The van der Waals surface area contributed by atoms with Gasteiger partial charge in [-0.3, -0.25) is 4.79 Å². The Morgan fingerprint density at radius 3 is 2.55 bits per heavy atom. The highest BCUT2D eigenvalue weighted by atomic mass is 16.6. The minimum Gasteiger partial charge on any atom is -0.481 e. The first-order valence-electron chi connectivity index (χ1n) is 7.02. The fraction of sp³-hybridized carbons (Fsp3) is 0.857. The Balaban J connectivity index is 2.60. The van der Waals surface area contributed by atoms with Crippen molar-refractivity contribution in [2.24, 2.45) is 5.92 Å². The van der Waals surface area contributed by atoms with E-state index in [1.54, 1.807) is 27.7 Å². The smallest absolute Gasteiger partial charge is 0.407 e. The molecular formula is C14H25NO5. The number of carboxylic acids is 1. The molecule has 1 aliphatic rings. The molecule has 1 rings (SSSR count). The lowest BCUT2D eigenvalue weighted by atomic mass is 9.90. The molecule has 2 N–H and O–H groups in total. The van der Waals surface area contributed by atoms with Gasteiger partial charge in [-0.25, -0.2) is 4.79 Å². The molecule has 0 radical (unpaired) electrons. The van der Waals surface area contributed by atoms with Crippen molar-refractivity contribution in [1.82, 2.24) is 5.32 Å². The second-order valence-corrected chi connectivity index (χ2v) is 6.25. The highest BCUT2D eigenvalue weighted by Gasteiger charge is 2.33. The molecule has 20 heavy (non-hydrogen) atoms. The quantitative estimate of drug-likeness (QED) is 0.809. The molecule has 1 aliphatic heterocycles. The molecule has 0 saturated carbocycles. The number of amides is 1. The van der Waals surface area contributed by atoms with Crippen LogP contribution in [0.4, 0.5) is 4.79 Å². The molecule has 1 amide bonds. The van der Waals surface area contributed by atoms with Gasteiger partial charge in [0.25, 0.3) is 0 Å². The highest BCUT2D eigenvalue weighted by molar-refractivity contribution is 5.69. The Kier molecular flexibility index (Phi) is 5.80. The van der Waals surface area contributed by atoms with Gasteiger partial charge in [0.2, 0.25) is 0 Å². The molecule has 0 aromatic rings. The minimum absolute atomic E-state index is 0.0262. The van der Waals surface area contributed by atoms with Crippen LogP contribution in [0.15, 0.2) is 0 Å². The normalized spacial score (nSPS) is 22.1. The van der Waals surface area contributed by atoms with Crippen LogP contribution in [-0.4, -0.2) is 41.5 Å². The van der Waals surface area contributed by atoms with Crippen molar-refractivity contribution >= 4 is 12.1 Å². The Bertz CT molecular complexity index is 344. The van der Waals surface area contributed by atoms with Crippen molar-refractivity contribution in [3.05, 3.63) is 0 Å². The van der Waals surface area contributed by atoms with E-state index in [0.29, 0.717) is 6.61 Å². The summed E-state index contributed by atoms with van der Waals surface area (Å²) in [7, 11) is 0. The van der Waals surface area contributed by atoms with Crippen molar-refractivity contribution in [3.8, 4) is 0 Å². The van der Waals surface area contributed by atoms with E-state index in [4.69, 9.17) is 14.6 Å². The van der Waals surface area contributed by atoms with Gasteiger partial charge in [0.15, 0.2) is 0 Å². The van der Waals surface area contributed by atoms with Gasteiger partial charge in [0, 0.05) is 18.6 Å². The zero-order valence-corrected chi connectivity index (χ0v) is 12.6. The second-order valence-electron chi connectivity index (χ2n) is 6.25. The maximum Gasteiger partial charge on any atom is 0.407 e. The zero-order valence-electron chi connectivity index (χ0n) is 12.6. The first-order valence-corrected chi connectivity index (χ1v) is 7.02. The number of alkyl carbamates (subject to hydrolysis) is 1. The second kappa shape index (κ2) is 6.92. The van der Waals surface area contributed by atoms with Gasteiger partial charge in [-0.2, -0.15) is 0 Å². The number of carbonyl (C=O) groups excluding carboxylic acids is 1. The number of nitrogens with one attached hydrogen (secondary N) is 1. The summed E-state index contributed by atoms with van der Waals surface area (Å²) in [5.41, 5.74) is -0.573. The Labute approximate surface area is 119 Å². The summed E-state index contributed by atoms with van der Waals surface area (Å²) in [5, 5.41) is 11.7. The third-order valence-electron chi connectivity index (χ3n) is 3.24. The first kappa shape index (κ1) is 16.8. The third-order valence-corrected chi connectivity index (χ3v) is 3.24. The van der Waals surface area contributed by atoms with Crippen LogP contribution in [0.1, 0.15) is 47.0 Å². The van der Waals surface area contributed by atoms with Crippen molar-refractivity contribution in [1.29, 1.82) is 0 Å². The van der Waals surface area contributed by atoms with Gasteiger partial charge in [0.1, 0.15) is 5.60 Å². The number of carbonyl (C=O) groups is 2.